The van der Waals surface area contributed by atoms with Crippen LogP contribution < -0.4 is 0 Å². The van der Waals surface area contributed by atoms with Crippen molar-refractivity contribution in [3.63, 3.8) is 0 Å². The van der Waals surface area contributed by atoms with Crippen LogP contribution in [-0.2, 0) is 4.79 Å². The highest BCUT2D eigenvalue weighted by Crippen LogP contribution is 2.24. The fraction of sp³-hybridized carbons (Fsp3) is 0.500. The third-order valence-corrected chi connectivity index (χ3v) is 4.29. The molecule has 0 unspecified atom stereocenters. The minimum atomic E-state index is -0.441. The van der Waals surface area contributed by atoms with Crippen LogP contribution in [0.3, 0.4) is 0 Å². The highest BCUT2D eigenvalue weighted by Gasteiger charge is 2.08. The Kier molecular flexibility index (Phi) is 8.53. The summed E-state index contributed by atoms with van der Waals surface area (Å²) in [4.78, 5) is 22.6. The second-order valence-corrected chi connectivity index (χ2v) is 6.36. The molecule has 0 radical (unpaired) electrons. The molecule has 0 aliphatic rings. The van der Waals surface area contributed by atoms with Crippen molar-refractivity contribution < 1.29 is 9.72 Å². The van der Waals surface area contributed by atoms with Gasteiger partial charge >= 0.3 is 0 Å². The minimum absolute atomic E-state index is 0.0496. The summed E-state index contributed by atoms with van der Waals surface area (Å²) in [5, 5.41) is 11.7. The van der Waals surface area contributed by atoms with E-state index in [0.29, 0.717) is 6.42 Å². The molecule has 0 aliphatic heterocycles. The summed E-state index contributed by atoms with van der Waals surface area (Å²) in [6.45, 7) is 0. The third kappa shape index (κ3) is 7.05. The summed E-state index contributed by atoms with van der Waals surface area (Å²) in [7, 11) is 0. The van der Waals surface area contributed by atoms with E-state index in [1.807, 2.05) is 0 Å². The van der Waals surface area contributed by atoms with Crippen molar-refractivity contribution in [3.8, 4) is 0 Å². The molecule has 6 heteroatoms. The first-order valence-electron chi connectivity index (χ1n) is 6.64. The normalized spacial score (nSPS) is 10.4. The first-order chi connectivity index (χ1) is 9.63. The Morgan fingerprint density at radius 2 is 1.70 bits per heavy atom. The lowest BCUT2D eigenvalue weighted by Gasteiger charge is -2.01. The average Bonchev–Trinajstić information content (AvgIpc) is 2.43. The molecule has 0 amide bonds. The van der Waals surface area contributed by atoms with Gasteiger partial charge in [0, 0.05) is 28.8 Å². The molecule has 110 valence electrons. The van der Waals surface area contributed by atoms with Gasteiger partial charge in [-0.25, -0.2) is 0 Å². The summed E-state index contributed by atoms with van der Waals surface area (Å²) < 4.78 is 0. The van der Waals surface area contributed by atoms with Crippen LogP contribution in [-0.4, -0.2) is 15.4 Å². The Hall–Kier alpha value is -0.880. The molecule has 0 heterocycles. The Morgan fingerprint density at radius 3 is 2.30 bits per heavy atom. The SMILES string of the molecule is O=C(CCCCCCCBr)Sc1ccc([N+](=O)[O-])cc1. The molecule has 1 rings (SSSR count). The van der Waals surface area contributed by atoms with Gasteiger partial charge in [0.25, 0.3) is 5.69 Å². The van der Waals surface area contributed by atoms with Crippen molar-refractivity contribution in [2.75, 3.05) is 5.33 Å². The van der Waals surface area contributed by atoms with E-state index in [9.17, 15) is 14.9 Å². The van der Waals surface area contributed by atoms with Crippen molar-refractivity contribution in [1.29, 1.82) is 0 Å². The van der Waals surface area contributed by atoms with Gasteiger partial charge in [-0.05, 0) is 25.0 Å². The number of carbonyl (C=O) groups is 1. The predicted molar refractivity (Wildman–Crippen MR) is 85.5 cm³/mol. The van der Waals surface area contributed by atoms with E-state index in [2.05, 4.69) is 15.9 Å². The molecule has 1 aromatic carbocycles. The standard InChI is InChI=1S/C14H18BrNO3S/c15-11-5-3-1-2-4-6-14(17)20-13-9-7-12(8-10-13)16(18)19/h7-10H,1-6,11H2. The zero-order valence-electron chi connectivity index (χ0n) is 11.2. The predicted octanol–water partition coefficient (Wildman–Crippen LogP) is 4.95. The fourth-order valence-corrected chi connectivity index (χ4v) is 2.89. The number of nitrogens with zero attached hydrogens (tertiary/aromatic N) is 1. The summed E-state index contributed by atoms with van der Waals surface area (Å²) in [6.07, 6.45) is 6.12. The van der Waals surface area contributed by atoms with Crippen molar-refractivity contribution in [1.82, 2.24) is 0 Å². The number of benzene rings is 1. The Bertz CT molecular complexity index is 437. The number of rotatable bonds is 9. The summed E-state index contributed by atoms with van der Waals surface area (Å²) in [5.41, 5.74) is 0.0496. The monoisotopic (exact) mass is 359 g/mol. The van der Waals surface area contributed by atoms with Crippen LogP contribution in [0.5, 0.6) is 0 Å². The van der Waals surface area contributed by atoms with E-state index in [1.165, 1.54) is 31.4 Å². The molecule has 20 heavy (non-hydrogen) atoms. The summed E-state index contributed by atoms with van der Waals surface area (Å²) >= 11 is 4.56. The molecular weight excluding hydrogens is 342 g/mol. The number of nitro groups is 1. The highest BCUT2D eigenvalue weighted by molar-refractivity contribution is 9.09. The van der Waals surface area contributed by atoms with Gasteiger partial charge in [-0.3, -0.25) is 14.9 Å². The van der Waals surface area contributed by atoms with E-state index in [-0.39, 0.29) is 10.8 Å². The van der Waals surface area contributed by atoms with E-state index >= 15 is 0 Å². The van der Waals surface area contributed by atoms with Gasteiger partial charge in [-0.15, -0.1) is 0 Å². The quantitative estimate of drug-likeness (QED) is 0.206. The first kappa shape index (κ1) is 17.2. The molecule has 0 saturated heterocycles. The number of carbonyl (C=O) groups excluding carboxylic acids is 1. The maximum Gasteiger partial charge on any atom is 0.269 e. The van der Waals surface area contributed by atoms with Crippen LogP contribution in [0.15, 0.2) is 29.2 Å². The van der Waals surface area contributed by atoms with E-state index in [0.717, 1.165) is 34.8 Å². The van der Waals surface area contributed by atoms with Crippen molar-refractivity contribution in [2.45, 2.75) is 43.4 Å². The van der Waals surface area contributed by atoms with Gasteiger partial charge in [-0.1, -0.05) is 47.0 Å². The highest BCUT2D eigenvalue weighted by atomic mass is 79.9. The van der Waals surface area contributed by atoms with Gasteiger partial charge in [0.05, 0.1) is 4.92 Å². The lowest BCUT2D eigenvalue weighted by Crippen LogP contribution is -1.92. The van der Waals surface area contributed by atoms with E-state index in [4.69, 9.17) is 0 Å². The summed E-state index contributed by atoms with van der Waals surface area (Å²) in [5.74, 6) is 0. The summed E-state index contributed by atoms with van der Waals surface area (Å²) in [6, 6.07) is 6.10. The fourth-order valence-electron chi connectivity index (χ4n) is 1.71. The number of halogens is 1. The van der Waals surface area contributed by atoms with Gasteiger partial charge < -0.3 is 0 Å². The molecule has 0 atom stereocenters. The lowest BCUT2D eigenvalue weighted by molar-refractivity contribution is -0.384. The Labute approximate surface area is 131 Å². The Balaban J connectivity index is 2.23. The number of nitro benzene ring substituents is 1. The minimum Gasteiger partial charge on any atom is -0.287 e. The molecule has 4 nitrogen and oxygen atoms in total. The van der Waals surface area contributed by atoms with Crippen LogP contribution in [0, 0.1) is 10.1 Å². The van der Waals surface area contributed by atoms with Crippen LogP contribution in [0.25, 0.3) is 0 Å². The average molecular weight is 360 g/mol. The van der Waals surface area contributed by atoms with Crippen LogP contribution in [0.2, 0.25) is 0 Å². The zero-order valence-corrected chi connectivity index (χ0v) is 13.6. The second-order valence-electron chi connectivity index (χ2n) is 4.43. The molecule has 0 bridgehead atoms. The molecule has 0 fully saturated rings. The van der Waals surface area contributed by atoms with Gasteiger partial charge in [0.1, 0.15) is 0 Å². The maximum absolute atomic E-state index is 11.7. The number of unbranched alkanes of at least 4 members (excludes halogenated alkanes) is 4. The molecule has 0 N–H and O–H groups in total. The van der Waals surface area contributed by atoms with Crippen molar-refractivity contribution >= 4 is 38.5 Å². The van der Waals surface area contributed by atoms with Crippen molar-refractivity contribution in [2.24, 2.45) is 0 Å². The topological polar surface area (TPSA) is 60.2 Å². The van der Waals surface area contributed by atoms with Gasteiger partial charge in [0.2, 0.25) is 0 Å². The maximum atomic E-state index is 11.7. The van der Waals surface area contributed by atoms with E-state index in [1.54, 1.807) is 12.1 Å². The number of non-ortho nitro benzene ring substituents is 1. The van der Waals surface area contributed by atoms with Crippen LogP contribution >= 0.6 is 27.7 Å². The third-order valence-electron chi connectivity index (χ3n) is 2.79. The molecule has 0 saturated carbocycles. The molecule has 0 spiro atoms. The van der Waals surface area contributed by atoms with Crippen LogP contribution in [0.1, 0.15) is 38.5 Å². The largest absolute Gasteiger partial charge is 0.287 e. The van der Waals surface area contributed by atoms with Crippen molar-refractivity contribution in [3.05, 3.63) is 34.4 Å². The Morgan fingerprint density at radius 1 is 1.10 bits per heavy atom. The lowest BCUT2D eigenvalue weighted by atomic mass is 10.1. The van der Waals surface area contributed by atoms with Gasteiger partial charge in [0.15, 0.2) is 5.12 Å². The molecule has 0 aliphatic carbocycles. The van der Waals surface area contributed by atoms with E-state index < -0.39 is 4.92 Å². The number of hydrogen-bond donors (Lipinski definition) is 0. The molecule has 1 aromatic rings. The van der Waals surface area contributed by atoms with Gasteiger partial charge in [-0.2, -0.15) is 0 Å². The molecule has 0 aromatic heterocycles. The second kappa shape index (κ2) is 9.94. The first-order valence-corrected chi connectivity index (χ1v) is 8.58. The number of hydrogen-bond acceptors (Lipinski definition) is 4. The van der Waals surface area contributed by atoms with Crippen LogP contribution in [0.4, 0.5) is 5.69 Å². The molecular formula is C14H18BrNO3S. The number of thioether (sulfide) groups is 1. The number of alkyl halides is 1. The smallest absolute Gasteiger partial charge is 0.269 e. The zero-order chi connectivity index (χ0) is 14.8.